The van der Waals surface area contributed by atoms with Gasteiger partial charge in [0.25, 0.3) is 0 Å². The lowest BCUT2D eigenvalue weighted by Gasteiger charge is -2.17. The summed E-state index contributed by atoms with van der Waals surface area (Å²) in [4.78, 5) is 0. The lowest BCUT2D eigenvalue weighted by atomic mass is 10.1. The van der Waals surface area contributed by atoms with E-state index in [9.17, 15) is 0 Å². The van der Waals surface area contributed by atoms with Crippen LogP contribution in [0.25, 0.3) is 11.5 Å². The normalized spacial score (nSPS) is 11.8. The Bertz CT molecular complexity index is 1050. The third kappa shape index (κ3) is 4.00. The number of nitrogens with one attached hydrogen (secondary N) is 1. The molecule has 0 saturated heterocycles. The van der Waals surface area contributed by atoms with Gasteiger partial charge in [0.1, 0.15) is 11.8 Å². The second kappa shape index (κ2) is 8.15. The molecule has 28 heavy (non-hydrogen) atoms. The third-order valence-electron chi connectivity index (χ3n) is 4.29. The van der Waals surface area contributed by atoms with Crippen molar-refractivity contribution in [2.75, 3.05) is 12.4 Å². The fourth-order valence-corrected chi connectivity index (χ4v) is 3.08. The minimum absolute atomic E-state index is 0.350. The number of hydrogen-bond donors (Lipinski definition) is 1. The molecule has 0 aliphatic carbocycles. The Morgan fingerprint density at radius 3 is 2.43 bits per heavy atom. The molecule has 0 fully saturated rings. The number of anilines is 1. The Balaban J connectivity index is 1.69. The van der Waals surface area contributed by atoms with Crippen LogP contribution < -0.4 is 10.1 Å². The summed E-state index contributed by atoms with van der Waals surface area (Å²) in [7, 11) is 1.64. The summed E-state index contributed by atoms with van der Waals surface area (Å²) in [6.45, 7) is 0. The van der Waals surface area contributed by atoms with Crippen molar-refractivity contribution >= 4 is 17.3 Å². The van der Waals surface area contributed by atoms with Gasteiger partial charge >= 0.3 is 0 Å². The molecule has 0 bridgehead atoms. The lowest BCUT2D eigenvalue weighted by molar-refractivity contribution is 0.415. The first-order valence-corrected chi connectivity index (χ1v) is 9.15. The van der Waals surface area contributed by atoms with E-state index in [1.807, 2.05) is 78.9 Å². The van der Waals surface area contributed by atoms with Crippen molar-refractivity contribution in [3.63, 3.8) is 0 Å². The number of benzene rings is 3. The second-order valence-corrected chi connectivity index (χ2v) is 6.61. The van der Waals surface area contributed by atoms with Crippen LogP contribution in [-0.4, -0.2) is 17.3 Å². The molecule has 140 valence electrons. The largest absolute Gasteiger partial charge is 0.497 e. The summed E-state index contributed by atoms with van der Waals surface area (Å²) in [6, 6.07) is 24.6. The maximum atomic E-state index is 6.21. The Morgan fingerprint density at radius 1 is 0.929 bits per heavy atom. The summed E-state index contributed by atoms with van der Waals surface area (Å²) < 4.78 is 11.2. The highest BCUT2D eigenvalue weighted by molar-refractivity contribution is 6.30. The number of nitrogens with zero attached hydrogens (tertiary/aromatic N) is 2. The van der Waals surface area contributed by atoms with Gasteiger partial charge in [-0.05, 0) is 54.1 Å². The van der Waals surface area contributed by atoms with Crippen molar-refractivity contribution in [3.05, 3.63) is 95.3 Å². The monoisotopic (exact) mass is 391 g/mol. The van der Waals surface area contributed by atoms with Gasteiger partial charge in [0.2, 0.25) is 11.8 Å². The van der Waals surface area contributed by atoms with E-state index in [1.165, 1.54) is 0 Å². The Kier molecular flexibility index (Phi) is 5.26. The van der Waals surface area contributed by atoms with Gasteiger partial charge in [-0.15, -0.1) is 10.2 Å². The Hall–Kier alpha value is -3.31. The van der Waals surface area contributed by atoms with E-state index >= 15 is 0 Å². The highest BCUT2D eigenvalue weighted by atomic mass is 35.5. The Labute approximate surface area is 168 Å². The number of hydrogen-bond acceptors (Lipinski definition) is 5. The smallest absolute Gasteiger partial charge is 0.247 e. The molecular formula is C22H18ClN3O2. The zero-order valence-corrected chi connectivity index (χ0v) is 15.9. The van der Waals surface area contributed by atoms with Gasteiger partial charge in [-0.1, -0.05) is 41.9 Å². The SMILES string of the molecule is COc1ccc(N[C@H](c2cccc(Cl)c2)c2nnc(-c3ccccc3)o2)cc1. The molecular weight excluding hydrogens is 374 g/mol. The first-order chi connectivity index (χ1) is 13.7. The molecule has 0 aliphatic heterocycles. The van der Waals surface area contributed by atoms with E-state index in [0.29, 0.717) is 16.8 Å². The van der Waals surface area contributed by atoms with E-state index in [4.69, 9.17) is 20.8 Å². The molecule has 4 rings (SSSR count). The van der Waals surface area contributed by atoms with Gasteiger partial charge in [-0.3, -0.25) is 0 Å². The number of ether oxygens (including phenoxy) is 1. The zero-order chi connectivity index (χ0) is 19.3. The summed E-state index contributed by atoms with van der Waals surface area (Å²) in [5.41, 5.74) is 2.69. The van der Waals surface area contributed by atoms with Crippen LogP contribution in [0.2, 0.25) is 5.02 Å². The van der Waals surface area contributed by atoms with E-state index in [0.717, 1.165) is 22.6 Å². The molecule has 0 spiro atoms. The summed E-state index contributed by atoms with van der Waals surface area (Å²) in [5, 5.41) is 12.6. The zero-order valence-electron chi connectivity index (χ0n) is 15.2. The summed E-state index contributed by atoms with van der Waals surface area (Å²) in [6.07, 6.45) is 0. The van der Waals surface area contributed by atoms with Crippen LogP contribution in [-0.2, 0) is 0 Å². The van der Waals surface area contributed by atoms with Gasteiger partial charge in [-0.25, -0.2) is 0 Å². The molecule has 1 atom stereocenters. The van der Waals surface area contributed by atoms with Crippen molar-refractivity contribution < 1.29 is 9.15 Å². The predicted octanol–water partition coefficient (Wildman–Crippen LogP) is 5.60. The second-order valence-electron chi connectivity index (χ2n) is 6.17. The van der Waals surface area contributed by atoms with Crippen LogP contribution >= 0.6 is 11.6 Å². The minimum Gasteiger partial charge on any atom is -0.497 e. The molecule has 1 heterocycles. The lowest BCUT2D eigenvalue weighted by Crippen LogP contribution is -2.13. The van der Waals surface area contributed by atoms with Crippen LogP contribution in [0.15, 0.2) is 83.3 Å². The van der Waals surface area contributed by atoms with Crippen LogP contribution in [0.1, 0.15) is 17.5 Å². The molecule has 0 unspecified atom stereocenters. The van der Waals surface area contributed by atoms with E-state index < -0.39 is 0 Å². The first-order valence-electron chi connectivity index (χ1n) is 8.78. The highest BCUT2D eigenvalue weighted by Crippen LogP contribution is 2.30. The number of aromatic nitrogens is 2. The van der Waals surface area contributed by atoms with Gasteiger partial charge in [0, 0.05) is 16.3 Å². The fourth-order valence-electron chi connectivity index (χ4n) is 2.88. The molecule has 4 aromatic rings. The van der Waals surface area contributed by atoms with Gasteiger partial charge in [0.05, 0.1) is 7.11 Å². The first kappa shape index (κ1) is 18.1. The summed E-state index contributed by atoms with van der Waals surface area (Å²) in [5.74, 6) is 1.71. The molecule has 6 heteroatoms. The summed E-state index contributed by atoms with van der Waals surface area (Å²) >= 11 is 6.21. The minimum atomic E-state index is -0.350. The van der Waals surface area contributed by atoms with Crippen molar-refractivity contribution in [1.82, 2.24) is 10.2 Å². The highest BCUT2D eigenvalue weighted by Gasteiger charge is 2.22. The molecule has 0 aliphatic rings. The van der Waals surface area contributed by atoms with Crippen LogP contribution in [0.4, 0.5) is 5.69 Å². The van der Waals surface area contributed by atoms with E-state index in [1.54, 1.807) is 7.11 Å². The fraction of sp³-hybridized carbons (Fsp3) is 0.0909. The van der Waals surface area contributed by atoms with E-state index in [-0.39, 0.29) is 6.04 Å². The van der Waals surface area contributed by atoms with Crippen LogP contribution in [0.3, 0.4) is 0 Å². The molecule has 1 aromatic heterocycles. The van der Waals surface area contributed by atoms with Gasteiger partial charge in [0.15, 0.2) is 0 Å². The van der Waals surface area contributed by atoms with Crippen LogP contribution in [0, 0.1) is 0 Å². The standard InChI is InChI=1S/C22H18ClN3O2/c1-27-19-12-10-18(11-13-19)24-20(16-8-5-9-17(23)14-16)22-26-25-21(28-22)15-6-3-2-4-7-15/h2-14,20,24H,1H3/t20-/m1/s1. The molecule has 3 aromatic carbocycles. The van der Waals surface area contributed by atoms with Crippen LogP contribution in [0.5, 0.6) is 5.75 Å². The maximum absolute atomic E-state index is 6.21. The van der Waals surface area contributed by atoms with E-state index in [2.05, 4.69) is 15.5 Å². The topological polar surface area (TPSA) is 60.2 Å². The average Bonchev–Trinajstić information content (AvgIpc) is 3.23. The van der Waals surface area contributed by atoms with Crippen molar-refractivity contribution in [2.24, 2.45) is 0 Å². The number of rotatable bonds is 6. The van der Waals surface area contributed by atoms with Crippen molar-refractivity contribution in [3.8, 4) is 17.2 Å². The Morgan fingerprint density at radius 2 is 1.71 bits per heavy atom. The third-order valence-corrected chi connectivity index (χ3v) is 4.53. The molecule has 0 saturated carbocycles. The number of halogens is 1. The number of methoxy groups -OCH3 is 1. The van der Waals surface area contributed by atoms with Crippen molar-refractivity contribution in [1.29, 1.82) is 0 Å². The van der Waals surface area contributed by atoms with Gasteiger partial charge in [-0.2, -0.15) is 0 Å². The molecule has 1 N–H and O–H groups in total. The molecule has 0 amide bonds. The average molecular weight is 392 g/mol. The molecule has 0 radical (unpaired) electrons. The predicted molar refractivity (Wildman–Crippen MR) is 110 cm³/mol. The van der Waals surface area contributed by atoms with Gasteiger partial charge < -0.3 is 14.5 Å². The molecule has 5 nitrogen and oxygen atoms in total. The quantitative estimate of drug-likeness (QED) is 0.463. The maximum Gasteiger partial charge on any atom is 0.247 e. The van der Waals surface area contributed by atoms with Crippen molar-refractivity contribution in [2.45, 2.75) is 6.04 Å².